The molecule has 0 radical (unpaired) electrons. The van der Waals surface area contributed by atoms with Crippen molar-refractivity contribution >= 4 is 5.97 Å². The van der Waals surface area contributed by atoms with E-state index in [1.54, 1.807) is 10.7 Å². The largest absolute Gasteiger partial charge is 0.464 e. The van der Waals surface area contributed by atoms with Gasteiger partial charge in [-0.15, -0.1) is 10.2 Å². The van der Waals surface area contributed by atoms with Crippen molar-refractivity contribution in [2.24, 2.45) is 0 Å². The van der Waals surface area contributed by atoms with Crippen molar-refractivity contribution < 1.29 is 13.9 Å². The highest BCUT2D eigenvalue weighted by atomic mass is 16.5. The van der Waals surface area contributed by atoms with Crippen LogP contribution in [-0.2, 0) is 4.74 Å². The Morgan fingerprint density at radius 2 is 1.79 bits per heavy atom. The van der Waals surface area contributed by atoms with E-state index in [0.29, 0.717) is 11.6 Å². The Labute approximate surface area is 161 Å². The number of esters is 1. The van der Waals surface area contributed by atoms with Crippen LogP contribution in [0, 0.1) is 13.8 Å². The fourth-order valence-electron chi connectivity index (χ4n) is 2.94. The maximum absolute atomic E-state index is 12.0. The lowest BCUT2D eigenvalue weighted by atomic mass is 10.1. The van der Waals surface area contributed by atoms with E-state index in [4.69, 9.17) is 9.15 Å². The summed E-state index contributed by atoms with van der Waals surface area (Å²) in [7, 11) is 1.32. The average molecular weight is 374 g/mol. The van der Waals surface area contributed by atoms with Crippen LogP contribution in [0.15, 0.2) is 59.0 Å². The molecule has 2 aromatic carbocycles. The maximum Gasteiger partial charge on any atom is 0.358 e. The van der Waals surface area contributed by atoms with E-state index in [-0.39, 0.29) is 11.6 Å². The summed E-state index contributed by atoms with van der Waals surface area (Å²) in [6, 6.07) is 17.1. The van der Waals surface area contributed by atoms with Gasteiger partial charge in [-0.2, -0.15) is 5.10 Å². The van der Waals surface area contributed by atoms with Gasteiger partial charge in [0.2, 0.25) is 5.89 Å². The summed E-state index contributed by atoms with van der Waals surface area (Å²) in [4.78, 5) is 12.0. The standard InChI is InChI=1S/C21H18N4O3/c1-13-7-6-9-15(11-13)19-22-23-20(28-19)18-12-16(21(26)27-3)24-25(18)17-10-5-4-8-14(17)2/h4-12H,1-3H3. The molecule has 0 aliphatic rings. The molecule has 2 aromatic heterocycles. The molecular weight excluding hydrogens is 356 g/mol. The predicted molar refractivity (Wildman–Crippen MR) is 103 cm³/mol. The number of carbonyl (C=O) groups is 1. The highest BCUT2D eigenvalue weighted by Crippen LogP contribution is 2.28. The van der Waals surface area contributed by atoms with Crippen LogP contribution >= 0.6 is 0 Å². The number of para-hydroxylation sites is 1. The number of ether oxygens (including phenoxy) is 1. The molecule has 0 amide bonds. The molecule has 2 heterocycles. The number of hydrogen-bond donors (Lipinski definition) is 0. The molecule has 0 saturated carbocycles. The summed E-state index contributed by atoms with van der Waals surface area (Å²) in [5.74, 6) is 0.130. The van der Waals surface area contributed by atoms with Crippen molar-refractivity contribution in [3.63, 3.8) is 0 Å². The normalized spacial score (nSPS) is 10.8. The van der Waals surface area contributed by atoms with Crippen molar-refractivity contribution in [3.8, 4) is 28.7 Å². The third-order valence-corrected chi connectivity index (χ3v) is 4.36. The van der Waals surface area contributed by atoms with Gasteiger partial charge >= 0.3 is 5.97 Å². The minimum absolute atomic E-state index is 0.163. The Hall–Kier alpha value is -3.74. The number of nitrogens with zero attached hydrogens (tertiary/aromatic N) is 4. The molecule has 4 aromatic rings. The summed E-state index contributed by atoms with van der Waals surface area (Å²) < 4.78 is 12.3. The number of rotatable bonds is 4. The number of hydrogen-bond acceptors (Lipinski definition) is 6. The van der Waals surface area contributed by atoms with E-state index in [1.807, 2.05) is 62.4 Å². The van der Waals surface area contributed by atoms with Crippen molar-refractivity contribution in [2.75, 3.05) is 7.11 Å². The molecule has 0 aliphatic heterocycles. The molecule has 0 fully saturated rings. The number of carbonyl (C=O) groups excluding carboxylic acids is 1. The molecule has 0 unspecified atom stereocenters. The van der Waals surface area contributed by atoms with Gasteiger partial charge in [0.1, 0.15) is 5.69 Å². The van der Waals surface area contributed by atoms with Crippen LogP contribution in [0.1, 0.15) is 21.6 Å². The zero-order chi connectivity index (χ0) is 19.7. The lowest BCUT2D eigenvalue weighted by Crippen LogP contribution is -2.05. The second-order valence-electron chi connectivity index (χ2n) is 6.39. The number of methoxy groups -OCH3 is 1. The van der Waals surface area contributed by atoms with Crippen molar-refractivity contribution in [1.82, 2.24) is 20.0 Å². The quantitative estimate of drug-likeness (QED) is 0.502. The van der Waals surface area contributed by atoms with Gasteiger partial charge in [0.15, 0.2) is 5.69 Å². The molecule has 0 aliphatic carbocycles. The van der Waals surface area contributed by atoms with Crippen molar-refractivity contribution in [2.45, 2.75) is 13.8 Å². The first kappa shape index (κ1) is 17.7. The number of aryl methyl sites for hydroxylation is 2. The third kappa shape index (κ3) is 3.18. The van der Waals surface area contributed by atoms with E-state index in [9.17, 15) is 4.79 Å². The second-order valence-corrected chi connectivity index (χ2v) is 6.39. The lowest BCUT2D eigenvalue weighted by Gasteiger charge is -2.07. The summed E-state index contributed by atoms with van der Waals surface area (Å²) in [6.45, 7) is 3.96. The lowest BCUT2D eigenvalue weighted by molar-refractivity contribution is 0.0593. The van der Waals surface area contributed by atoms with Crippen LogP contribution in [-0.4, -0.2) is 33.1 Å². The van der Waals surface area contributed by atoms with E-state index < -0.39 is 5.97 Å². The van der Waals surface area contributed by atoms with Crippen LogP contribution in [0.25, 0.3) is 28.7 Å². The Morgan fingerprint density at radius 3 is 2.54 bits per heavy atom. The zero-order valence-electron chi connectivity index (χ0n) is 15.7. The molecule has 140 valence electrons. The van der Waals surface area contributed by atoms with Crippen LogP contribution in [0.3, 0.4) is 0 Å². The smallest absolute Gasteiger partial charge is 0.358 e. The number of benzene rings is 2. The molecule has 0 N–H and O–H groups in total. The monoisotopic (exact) mass is 374 g/mol. The molecule has 7 heteroatoms. The first-order valence-electron chi connectivity index (χ1n) is 8.72. The molecule has 0 spiro atoms. The SMILES string of the molecule is COC(=O)c1cc(-c2nnc(-c3cccc(C)c3)o2)n(-c2ccccc2C)n1. The number of aromatic nitrogens is 4. The van der Waals surface area contributed by atoms with Gasteiger partial charge in [0.05, 0.1) is 12.8 Å². The first-order chi connectivity index (χ1) is 13.6. The van der Waals surface area contributed by atoms with Crippen LogP contribution in [0.2, 0.25) is 0 Å². The van der Waals surface area contributed by atoms with E-state index in [2.05, 4.69) is 15.3 Å². The minimum atomic E-state index is -0.535. The molecule has 0 saturated heterocycles. The topological polar surface area (TPSA) is 83.0 Å². The minimum Gasteiger partial charge on any atom is -0.464 e. The van der Waals surface area contributed by atoms with Gasteiger partial charge < -0.3 is 9.15 Å². The second kappa shape index (κ2) is 7.11. The Kier molecular flexibility index (Phi) is 4.49. The van der Waals surface area contributed by atoms with Gasteiger partial charge in [-0.3, -0.25) is 0 Å². The summed E-state index contributed by atoms with van der Waals surface area (Å²) in [5, 5.41) is 12.7. The first-order valence-corrected chi connectivity index (χ1v) is 8.72. The van der Waals surface area contributed by atoms with Gasteiger partial charge in [0.25, 0.3) is 5.89 Å². The van der Waals surface area contributed by atoms with Gasteiger partial charge in [-0.1, -0.05) is 35.9 Å². The highest BCUT2D eigenvalue weighted by Gasteiger charge is 2.22. The van der Waals surface area contributed by atoms with E-state index in [1.165, 1.54) is 7.11 Å². The van der Waals surface area contributed by atoms with Crippen LogP contribution in [0.5, 0.6) is 0 Å². The Morgan fingerprint density at radius 1 is 1.00 bits per heavy atom. The third-order valence-electron chi connectivity index (χ3n) is 4.36. The van der Waals surface area contributed by atoms with Gasteiger partial charge in [-0.25, -0.2) is 9.48 Å². The van der Waals surface area contributed by atoms with E-state index >= 15 is 0 Å². The average Bonchev–Trinajstić information content (AvgIpc) is 3.35. The van der Waals surface area contributed by atoms with Gasteiger partial charge in [0, 0.05) is 11.6 Å². The molecule has 4 rings (SSSR count). The highest BCUT2D eigenvalue weighted by molar-refractivity contribution is 5.88. The summed E-state index contributed by atoms with van der Waals surface area (Å²) in [5.41, 5.74) is 4.39. The van der Waals surface area contributed by atoms with Gasteiger partial charge in [-0.05, 0) is 37.6 Å². The summed E-state index contributed by atoms with van der Waals surface area (Å²) >= 11 is 0. The molecule has 0 bridgehead atoms. The molecule has 7 nitrogen and oxygen atoms in total. The Balaban J connectivity index is 1.84. The van der Waals surface area contributed by atoms with Crippen LogP contribution < -0.4 is 0 Å². The fourth-order valence-corrected chi connectivity index (χ4v) is 2.94. The predicted octanol–water partition coefficient (Wildman–Crippen LogP) is 3.99. The molecule has 0 atom stereocenters. The van der Waals surface area contributed by atoms with E-state index in [0.717, 1.165) is 22.4 Å². The summed E-state index contributed by atoms with van der Waals surface area (Å²) in [6.07, 6.45) is 0. The van der Waals surface area contributed by atoms with Crippen molar-refractivity contribution in [3.05, 3.63) is 71.4 Å². The zero-order valence-corrected chi connectivity index (χ0v) is 15.7. The maximum atomic E-state index is 12.0. The molecular formula is C21H18N4O3. The fraction of sp³-hybridized carbons (Fsp3) is 0.143. The Bertz CT molecular complexity index is 1160. The molecule has 28 heavy (non-hydrogen) atoms. The van der Waals surface area contributed by atoms with Crippen LogP contribution in [0.4, 0.5) is 0 Å². The van der Waals surface area contributed by atoms with Crippen molar-refractivity contribution in [1.29, 1.82) is 0 Å².